The maximum atomic E-state index is 12.5. The van der Waals surface area contributed by atoms with Crippen LogP contribution < -0.4 is 4.74 Å². The summed E-state index contributed by atoms with van der Waals surface area (Å²) in [5.74, 6) is 1.57. The number of unbranched alkanes of at least 4 members (excludes halogenated alkanes) is 1. The summed E-state index contributed by atoms with van der Waals surface area (Å²) in [6.45, 7) is 1.91. The van der Waals surface area contributed by atoms with E-state index in [2.05, 4.69) is 23.8 Å². The van der Waals surface area contributed by atoms with Crippen LogP contribution in [-0.4, -0.2) is 18.9 Å². The highest BCUT2D eigenvalue weighted by molar-refractivity contribution is 5.91. The molecule has 0 bridgehead atoms. The molecule has 1 aliphatic carbocycles. The van der Waals surface area contributed by atoms with E-state index in [9.17, 15) is 18.0 Å². The topological polar surface area (TPSA) is 35.5 Å². The van der Waals surface area contributed by atoms with Gasteiger partial charge in [-0.2, -0.15) is 0 Å². The Hall–Kier alpha value is -2.34. The van der Waals surface area contributed by atoms with Crippen molar-refractivity contribution in [1.82, 2.24) is 0 Å². The summed E-state index contributed by atoms with van der Waals surface area (Å²) in [7, 11) is 0. The third kappa shape index (κ3) is 8.50. The van der Waals surface area contributed by atoms with Gasteiger partial charge in [0.2, 0.25) is 0 Å². The fraction of sp³-hybridized carbons (Fsp3) is 0.519. The molecule has 3 nitrogen and oxygen atoms in total. The van der Waals surface area contributed by atoms with Gasteiger partial charge in [-0.3, -0.25) is 4.74 Å². The van der Waals surface area contributed by atoms with Gasteiger partial charge in [0.1, 0.15) is 5.75 Å². The molecule has 0 saturated heterocycles. The van der Waals surface area contributed by atoms with E-state index in [1.807, 2.05) is 12.1 Å². The van der Waals surface area contributed by atoms with E-state index in [4.69, 9.17) is 4.74 Å². The van der Waals surface area contributed by atoms with Crippen LogP contribution in [0.4, 0.5) is 13.2 Å². The molecule has 0 radical (unpaired) electrons. The van der Waals surface area contributed by atoms with Gasteiger partial charge in [-0.15, -0.1) is 13.2 Å². The largest absolute Gasteiger partial charge is 0.522 e. The molecule has 2 aromatic rings. The number of hydrogen-bond acceptors (Lipinski definition) is 3. The average molecular weight is 463 g/mol. The standard InChI is InChI=1S/C27H33F3O3/c1-2-5-20-7-11-22(12-8-20)23-15-17-25(18-16-23)33-26(31)24-13-9-21(10-14-24)6-3-4-19-32-27(28,29)30/h9-10,13-18,20,22H,2-8,11-12,19H2,1H3. The van der Waals surface area contributed by atoms with Crippen LogP contribution >= 0.6 is 0 Å². The molecule has 0 aliphatic heterocycles. The third-order valence-electron chi connectivity index (χ3n) is 6.42. The summed E-state index contributed by atoms with van der Waals surface area (Å²) in [5, 5.41) is 0. The van der Waals surface area contributed by atoms with Crippen LogP contribution in [0.3, 0.4) is 0 Å². The van der Waals surface area contributed by atoms with Gasteiger partial charge in [0.05, 0.1) is 12.2 Å². The lowest BCUT2D eigenvalue weighted by Crippen LogP contribution is -2.14. The van der Waals surface area contributed by atoms with Crippen LogP contribution in [0.15, 0.2) is 48.5 Å². The fourth-order valence-corrected chi connectivity index (χ4v) is 4.59. The highest BCUT2D eigenvalue weighted by Crippen LogP contribution is 2.37. The van der Waals surface area contributed by atoms with Crippen molar-refractivity contribution in [2.24, 2.45) is 5.92 Å². The number of aryl methyl sites for hydroxylation is 1. The van der Waals surface area contributed by atoms with E-state index >= 15 is 0 Å². The second-order valence-corrected chi connectivity index (χ2v) is 8.91. The second kappa shape index (κ2) is 12.2. The Balaban J connectivity index is 1.43. The van der Waals surface area contributed by atoms with Gasteiger partial charge in [0, 0.05) is 0 Å². The molecule has 0 heterocycles. The van der Waals surface area contributed by atoms with Gasteiger partial charge in [-0.1, -0.05) is 44.0 Å². The Morgan fingerprint density at radius 1 is 0.939 bits per heavy atom. The molecular formula is C27H33F3O3. The van der Waals surface area contributed by atoms with E-state index in [1.54, 1.807) is 24.3 Å². The molecule has 1 aliphatic rings. The molecule has 2 aromatic carbocycles. The van der Waals surface area contributed by atoms with Gasteiger partial charge in [0.15, 0.2) is 0 Å². The van der Waals surface area contributed by atoms with Crippen molar-refractivity contribution in [2.75, 3.05) is 6.61 Å². The quantitative estimate of drug-likeness (QED) is 0.205. The van der Waals surface area contributed by atoms with Crippen LogP contribution in [0.1, 0.15) is 85.7 Å². The molecule has 0 N–H and O–H groups in total. The van der Waals surface area contributed by atoms with Gasteiger partial charge in [0.25, 0.3) is 0 Å². The normalized spacial score (nSPS) is 18.8. The lowest BCUT2D eigenvalue weighted by molar-refractivity contribution is -0.324. The molecule has 3 rings (SSSR count). The Bertz CT molecular complexity index is 852. The van der Waals surface area contributed by atoms with Crippen molar-refractivity contribution in [3.8, 4) is 5.75 Å². The number of ether oxygens (including phenoxy) is 2. The van der Waals surface area contributed by atoms with E-state index in [1.165, 1.54) is 44.1 Å². The number of alkyl halides is 3. The Kier molecular flexibility index (Phi) is 9.36. The van der Waals surface area contributed by atoms with E-state index in [0.29, 0.717) is 36.5 Å². The summed E-state index contributed by atoms with van der Waals surface area (Å²) in [6.07, 6.45) is 4.59. The predicted molar refractivity (Wildman–Crippen MR) is 122 cm³/mol. The number of rotatable bonds is 10. The van der Waals surface area contributed by atoms with E-state index < -0.39 is 12.3 Å². The second-order valence-electron chi connectivity index (χ2n) is 8.91. The van der Waals surface area contributed by atoms with E-state index in [-0.39, 0.29) is 6.61 Å². The predicted octanol–water partition coefficient (Wildman–Crippen LogP) is 7.84. The molecule has 1 fully saturated rings. The number of halogens is 3. The zero-order chi connectivity index (χ0) is 23.7. The molecule has 33 heavy (non-hydrogen) atoms. The number of carbonyl (C=O) groups is 1. The zero-order valence-electron chi connectivity index (χ0n) is 19.2. The van der Waals surface area contributed by atoms with Gasteiger partial charge in [-0.05, 0) is 92.2 Å². The molecule has 0 spiro atoms. The first-order chi connectivity index (χ1) is 15.8. The monoisotopic (exact) mass is 462 g/mol. The highest BCUT2D eigenvalue weighted by Gasteiger charge is 2.28. The van der Waals surface area contributed by atoms with Crippen LogP contribution in [0.25, 0.3) is 0 Å². The first-order valence-electron chi connectivity index (χ1n) is 12.0. The maximum Gasteiger partial charge on any atom is 0.522 e. The summed E-state index contributed by atoms with van der Waals surface area (Å²) in [6, 6.07) is 14.8. The average Bonchev–Trinajstić information content (AvgIpc) is 2.80. The van der Waals surface area contributed by atoms with Crippen LogP contribution in [0, 0.1) is 5.92 Å². The van der Waals surface area contributed by atoms with Crippen molar-refractivity contribution in [3.63, 3.8) is 0 Å². The Labute approximate surface area is 194 Å². The molecule has 0 amide bonds. The molecule has 1 saturated carbocycles. The zero-order valence-corrected chi connectivity index (χ0v) is 19.2. The minimum Gasteiger partial charge on any atom is -0.423 e. The number of hydrogen-bond donors (Lipinski definition) is 0. The fourth-order valence-electron chi connectivity index (χ4n) is 4.59. The van der Waals surface area contributed by atoms with Crippen molar-refractivity contribution >= 4 is 5.97 Å². The first kappa shape index (κ1) is 25.3. The molecular weight excluding hydrogens is 429 g/mol. The van der Waals surface area contributed by atoms with E-state index in [0.717, 1.165) is 11.5 Å². The lowest BCUT2D eigenvalue weighted by Gasteiger charge is -2.28. The molecule has 0 aromatic heterocycles. The van der Waals surface area contributed by atoms with Crippen molar-refractivity contribution in [2.45, 2.75) is 77.0 Å². The minimum absolute atomic E-state index is 0.319. The summed E-state index contributed by atoms with van der Waals surface area (Å²) < 4.78 is 45.2. The number of benzene rings is 2. The smallest absolute Gasteiger partial charge is 0.423 e. The van der Waals surface area contributed by atoms with Crippen molar-refractivity contribution < 1.29 is 27.4 Å². The molecule has 0 atom stereocenters. The van der Waals surface area contributed by atoms with Gasteiger partial charge < -0.3 is 4.74 Å². The summed E-state index contributed by atoms with van der Waals surface area (Å²) >= 11 is 0. The van der Waals surface area contributed by atoms with Gasteiger partial charge >= 0.3 is 12.3 Å². The summed E-state index contributed by atoms with van der Waals surface area (Å²) in [4.78, 5) is 12.5. The van der Waals surface area contributed by atoms with Gasteiger partial charge in [-0.25, -0.2) is 4.79 Å². The van der Waals surface area contributed by atoms with Crippen LogP contribution in [0.5, 0.6) is 5.75 Å². The van der Waals surface area contributed by atoms with Crippen LogP contribution in [-0.2, 0) is 11.2 Å². The Morgan fingerprint density at radius 3 is 2.21 bits per heavy atom. The van der Waals surface area contributed by atoms with Crippen LogP contribution in [0.2, 0.25) is 0 Å². The molecule has 6 heteroatoms. The SMILES string of the molecule is CCCC1CCC(c2ccc(OC(=O)c3ccc(CCCCOC(F)(F)F)cc3)cc2)CC1. The molecule has 180 valence electrons. The summed E-state index contributed by atoms with van der Waals surface area (Å²) in [5.41, 5.74) is 2.71. The van der Waals surface area contributed by atoms with Crippen molar-refractivity contribution in [3.05, 3.63) is 65.2 Å². The van der Waals surface area contributed by atoms with Crippen molar-refractivity contribution in [1.29, 1.82) is 0 Å². The molecule has 0 unspecified atom stereocenters. The Morgan fingerprint density at radius 2 is 1.61 bits per heavy atom. The first-order valence-corrected chi connectivity index (χ1v) is 12.0. The minimum atomic E-state index is -4.57. The number of carbonyl (C=O) groups excluding carboxylic acids is 1. The third-order valence-corrected chi connectivity index (χ3v) is 6.42. The maximum absolute atomic E-state index is 12.5. The highest BCUT2D eigenvalue weighted by atomic mass is 19.4. The lowest BCUT2D eigenvalue weighted by atomic mass is 9.77. The number of esters is 1.